The average molecular weight is 305 g/mol. The van der Waals surface area contributed by atoms with Crippen molar-refractivity contribution in [1.82, 2.24) is 15.2 Å². The monoisotopic (exact) mass is 304 g/mol. The van der Waals surface area contributed by atoms with Gasteiger partial charge in [0.05, 0.1) is 0 Å². The van der Waals surface area contributed by atoms with E-state index in [-0.39, 0.29) is 15.2 Å². The van der Waals surface area contributed by atoms with Gasteiger partial charge in [-0.15, -0.1) is 10.2 Å². The Morgan fingerprint density at radius 1 is 1.44 bits per heavy atom. The molecule has 0 bridgehead atoms. The van der Waals surface area contributed by atoms with Crippen LogP contribution in [0.3, 0.4) is 0 Å². The number of halogens is 1. The van der Waals surface area contributed by atoms with Gasteiger partial charge >= 0.3 is 0 Å². The van der Waals surface area contributed by atoms with E-state index in [0.717, 1.165) is 5.01 Å². The van der Waals surface area contributed by atoms with Gasteiger partial charge in [-0.2, -0.15) is 0 Å². The predicted molar refractivity (Wildman–Crippen MR) is 69.3 cm³/mol. The van der Waals surface area contributed by atoms with E-state index < -0.39 is 10.0 Å². The lowest BCUT2D eigenvalue weighted by molar-refractivity contribution is 0.601. The Kier molecular flexibility index (Phi) is 3.79. The van der Waals surface area contributed by atoms with Crippen molar-refractivity contribution < 1.29 is 8.42 Å². The molecule has 2 rings (SSSR count). The molecule has 0 radical (unpaired) electrons. The maximum absolute atomic E-state index is 12.0. The highest BCUT2D eigenvalue weighted by Gasteiger charge is 2.20. The summed E-state index contributed by atoms with van der Waals surface area (Å²) in [6, 6.07) is 2.87. The topological polar surface area (TPSA) is 84.8 Å². The van der Waals surface area contributed by atoms with E-state index in [1.165, 1.54) is 29.7 Å². The molecular formula is C9H9ClN4O2S2. The summed E-state index contributed by atoms with van der Waals surface area (Å²) in [5.41, 5.74) is 0. The van der Waals surface area contributed by atoms with Crippen LogP contribution in [0, 0.1) is 0 Å². The maximum Gasteiger partial charge on any atom is 0.266 e. The number of pyridine rings is 1. The Balaban J connectivity index is 2.30. The molecule has 1 N–H and O–H groups in total. The fourth-order valence-electron chi connectivity index (χ4n) is 1.18. The smallest absolute Gasteiger partial charge is 0.253 e. The highest BCUT2D eigenvalue weighted by molar-refractivity contribution is 7.93. The minimum Gasteiger partial charge on any atom is -0.253 e. The van der Waals surface area contributed by atoms with Gasteiger partial charge in [-0.1, -0.05) is 29.9 Å². The number of hydrogen-bond donors (Lipinski definition) is 1. The second-order valence-corrected chi connectivity index (χ2v) is 6.32. The molecule has 2 aromatic heterocycles. The number of sulfonamides is 1. The zero-order valence-electron chi connectivity index (χ0n) is 9.29. The Hall–Kier alpha value is -1.25. The van der Waals surface area contributed by atoms with Crippen LogP contribution in [0.1, 0.15) is 11.9 Å². The summed E-state index contributed by atoms with van der Waals surface area (Å²) in [5, 5.41) is 8.46. The number of nitrogens with one attached hydrogen (secondary N) is 1. The van der Waals surface area contributed by atoms with E-state index in [1.807, 2.05) is 6.92 Å². The van der Waals surface area contributed by atoms with Crippen LogP contribution in [0.5, 0.6) is 0 Å². The molecule has 0 saturated carbocycles. The summed E-state index contributed by atoms with van der Waals surface area (Å²) in [4.78, 5) is 3.64. The molecule has 0 fully saturated rings. The second kappa shape index (κ2) is 5.17. The molecule has 2 heterocycles. The molecule has 2 aromatic rings. The van der Waals surface area contributed by atoms with E-state index in [2.05, 4.69) is 19.9 Å². The molecule has 6 nitrogen and oxygen atoms in total. The van der Waals surface area contributed by atoms with Crippen LogP contribution in [0.15, 0.2) is 23.2 Å². The lowest BCUT2D eigenvalue weighted by atomic mass is 10.5. The van der Waals surface area contributed by atoms with Crippen molar-refractivity contribution >= 4 is 38.1 Å². The third-order valence-corrected chi connectivity index (χ3v) is 4.90. The Morgan fingerprint density at radius 3 is 2.83 bits per heavy atom. The molecule has 0 saturated heterocycles. The molecule has 0 aromatic carbocycles. The van der Waals surface area contributed by atoms with Gasteiger partial charge < -0.3 is 0 Å². The Bertz CT molecular complexity index is 656. The van der Waals surface area contributed by atoms with Gasteiger partial charge in [0.2, 0.25) is 5.13 Å². The van der Waals surface area contributed by atoms with Gasteiger partial charge in [0.25, 0.3) is 10.0 Å². The van der Waals surface area contributed by atoms with Gasteiger partial charge in [0, 0.05) is 6.20 Å². The highest BCUT2D eigenvalue weighted by atomic mass is 35.5. The van der Waals surface area contributed by atoms with Crippen LogP contribution < -0.4 is 4.72 Å². The molecule has 0 aliphatic rings. The van der Waals surface area contributed by atoms with E-state index in [1.54, 1.807) is 0 Å². The Morgan fingerprint density at radius 2 is 2.22 bits per heavy atom. The molecule has 9 heteroatoms. The van der Waals surface area contributed by atoms with Crippen molar-refractivity contribution in [3.05, 3.63) is 28.5 Å². The number of anilines is 1. The molecular weight excluding hydrogens is 296 g/mol. The average Bonchev–Trinajstić information content (AvgIpc) is 2.76. The second-order valence-electron chi connectivity index (χ2n) is 3.25. The van der Waals surface area contributed by atoms with Crippen LogP contribution in [0.25, 0.3) is 0 Å². The third-order valence-electron chi connectivity index (χ3n) is 2.01. The van der Waals surface area contributed by atoms with E-state index in [0.29, 0.717) is 6.42 Å². The fraction of sp³-hybridized carbons (Fsp3) is 0.222. The molecule has 0 spiro atoms. The quantitative estimate of drug-likeness (QED) is 0.873. The lowest BCUT2D eigenvalue weighted by Crippen LogP contribution is -2.13. The molecule has 0 aliphatic carbocycles. The van der Waals surface area contributed by atoms with Crippen molar-refractivity contribution in [3.8, 4) is 0 Å². The summed E-state index contributed by atoms with van der Waals surface area (Å²) < 4.78 is 26.4. The first-order chi connectivity index (χ1) is 8.53. The molecule has 18 heavy (non-hydrogen) atoms. The number of nitrogens with zero attached hydrogens (tertiary/aromatic N) is 3. The summed E-state index contributed by atoms with van der Waals surface area (Å²) in [6.45, 7) is 1.91. The summed E-state index contributed by atoms with van der Waals surface area (Å²) in [7, 11) is -3.78. The molecule has 0 aliphatic heterocycles. The van der Waals surface area contributed by atoms with Crippen LogP contribution in [-0.4, -0.2) is 23.6 Å². The zero-order valence-corrected chi connectivity index (χ0v) is 11.7. The summed E-state index contributed by atoms with van der Waals surface area (Å²) >= 11 is 6.93. The highest BCUT2D eigenvalue weighted by Crippen LogP contribution is 2.23. The Labute approximate surface area is 113 Å². The first-order valence-corrected chi connectivity index (χ1v) is 7.66. The number of aryl methyl sites for hydroxylation is 1. The van der Waals surface area contributed by atoms with Crippen molar-refractivity contribution in [2.24, 2.45) is 0 Å². The number of rotatable bonds is 4. The standard InChI is InChI=1S/C9H9ClN4O2S2/c1-2-7-12-13-9(17-7)14-18(15,16)6-4-3-5-11-8(6)10/h3-5H,2H2,1H3,(H,13,14). The molecule has 0 amide bonds. The third kappa shape index (κ3) is 2.77. The number of aromatic nitrogens is 3. The number of hydrogen-bond acceptors (Lipinski definition) is 6. The predicted octanol–water partition coefficient (Wildman–Crippen LogP) is 1.95. The van der Waals surface area contributed by atoms with Crippen molar-refractivity contribution in [2.75, 3.05) is 4.72 Å². The molecule has 0 unspecified atom stereocenters. The first kappa shape index (κ1) is 13.2. The van der Waals surface area contributed by atoms with E-state index in [4.69, 9.17) is 11.6 Å². The van der Waals surface area contributed by atoms with Crippen LogP contribution in [-0.2, 0) is 16.4 Å². The van der Waals surface area contributed by atoms with Gasteiger partial charge in [-0.3, -0.25) is 4.72 Å². The van der Waals surface area contributed by atoms with Gasteiger partial charge in [-0.05, 0) is 18.6 Å². The lowest BCUT2D eigenvalue weighted by Gasteiger charge is -2.05. The van der Waals surface area contributed by atoms with Crippen LogP contribution in [0.2, 0.25) is 5.15 Å². The summed E-state index contributed by atoms with van der Waals surface area (Å²) in [6.07, 6.45) is 2.12. The SMILES string of the molecule is CCc1nnc(NS(=O)(=O)c2cccnc2Cl)s1. The van der Waals surface area contributed by atoms with Gasteiger partial charge in [-0.25, -0.2) is 13.4 Å². The molecule has 96 valence electrons. The van der Waals surface area contributed by atoms with Crippen LogP contribution >= 0.6 is 22.9 Å². The van der Waals surface area contributed by atoms with Gasteiger partial charge in [0.15, 0.2) is 0 Å². The zero-order chi connectivity index (χ0) is 13.2. The van der Waals surface area contributed by atoms with Crippen molar-refractivity contribution in [3.63, 3.8) is 0 Å². The van der Waals surface area contributed by atoms with Gasteiger partial charge in [0.1, 0.15) is 15.1 Å². The minimum absolute atomic E-state index is 0.0785. The van der Waals surface area contributed by atoms with Crippen molar-refractivity contribution in [2.45, 2.75) is 18.2 Å². The first-order valence-electron chi connectivity index (χ1n) is 4.98. The largest absolute Gasteiger partial charge is 0.266 e. The summed E-state index contributed by atoms with van der Waals surface area (Å²) in [5.74, 6) is 0. The normalized spacial score (nSPS) is 11.4. The van der Waals surface area contributed by atoms with E-state index in [9.17, 15) is 8.42 Å². The van der Waals surface area contributed by atoms with Crippen molar-refractivity contribution in [1.29, 1.82) is 0 Å². The fourth-order valence-corrected chi connectivity index (χ4v) is 3.54. The minimum atomic E-state index is -3.78. The maximum atomic E-state index is 12.0. The van der Waals surface area contributed by atoms with E-state index >= 15 is 0 Å². The van der Waals surface area contributed by atoms with Crippen LogP contribution in [0.4, 0.5) is 5.13 Å². The molecule has 0 atom stereocenters.